The van der Waals surface area contributed by atoms with Gasteiger partial charge in [0.2, 0.25) is 0 Å². The molecule has 0 unspecified atom stereocenters. The molecule has 37 heavy (non-hydrogen) atoms. The SMILES string of the molecule is C=C(C)CC(C)(C)CC(C)(C)C.CC(C)(C)CC(C)(C)CC(C)(C)F.CC(C)=CC(C)(C)CC(C)(C)C. The average molecular weight is 525 g/mol. The molecule has 0 saturated heterocycles. The molecule has 0 aromatic carbocycles. The first-order valence-electron chi connectivity index (χ1n) is 14.7. The highest BCUT2D eigenvalue weighted by Crippen LogP contribution is 2.40. The summed E-state index contributed by atoms with van der Waals surface area (Å²) in [6, 6.07) is 0. The summed E-state index contributed by atoms with van der Waals surface area (Å²) in [7, 11) is 0. The van der Waals surface area contributed by atoms with Crippen LogP contribution in [0.3, 0.4) is 0 Å². The maximum atomic E-state index is 13.5. The molecule has 0 N–H and O–H groups in total. The van der Waals surface area contributed by atoms with E-state index in [2.05, 4.69) is 137 Å². The third kappa shape index (κ3) is 35.4. The molecule has 0 nitrogen and oxygen atoms in total. The second kappa shape index (κ2) is 14.7. The van der Waals surface area contributed by atoms with Crippen LogP contribution in [0.1, 0.15) is 171 Å². The highest BCUT2D eigenvalue weighted by molar-refractivity contribution is 5.03. The van der Waals surface area contributed by atoms with Crippen molar-refractivity contribution in [2.45, 2.75) is 176 Å². The fraction of sp³-hybridized carbons (Fsp3) is 0.889. The van der Waals surface area contributed by atoms with Crippen molar-refractivity contribution in [2.75, 3.05) is 0 Å². The van der Waals surface area contributed by atoms with Crippen LogP contribution >= 0.6 is 0 Å². The monoisotopic (exact) mass is 525 g/mol. The largest absolute Gasteiger partial charge is 0.244 e. The summed E-state index contributed by atoms with van der Waals surface area (Å²) in [5, 5.41) is 0. The minimum absolute atomic E-state index is 0.0938. The molecule has 0 aliphatic carbocycles. The van der Waals surface area contributed by atoms with E-state index in [0.717, 1.165) is 12.8 Å². The third-order valence-electron chi connectivity index (χ3n) is 5.36. The van der Waals surface area contributed by atoms with E-state index in [-0.39, 0.29) is 10.8 Å². The quantitative estimate of drug-likeness (QED) is 0.277. The molecule has 0 heterocycles. The number of rotatable bonds is 8. The fourth-order valence-corrected chi connectivity index (χ4v) is 7.15. The highest BCUT2D eigenvalue weighted by atomic mass is 19.1. The van der Waals surface area contributed by atoms with Crippen molar-refractivity contribution in [2.24, 2.45) is 32.5 Å². The van der Waals surface area contributed by atoms with Crippen molar-refractivity contribution in [3.8, 4) is 0 Å². The van der Waals surface area contributed by atoms with Gasteiger partial charge < -0.3 is 0 Å². The van der Waals surface area contributed by atoms with Crippen LogP contribution in [0.2, 0.25) is 0 Å². The third-order valence-corrected chi connectivity index (χ3v) is 5.36. The number of alkyl halides is 1. The Morgan fingerprint density at radius 2 is 0.865 bits per heavy atom. The maximum absolute atomic E-state index is 13.5. The van der Waals surface area contributed by atoms with Crippen LogP contribution in [0.15, 0.2) is 23.8 Å². The standard InChI is InChI=1S/C12H25F.2C12H24/c1-10(2,3)8-11(4,5)9-12(6,7)13;2*1-10(2)8-12(6,7)9-11(3,4)5/h8-9H2,1-7H3;8H,9H2,1-7H3;1,8-9H2,2-7H3. The molecule has 0 spiro atoms. The predicted molar refractivity (Wildman–Crippen MR) is 172 cm³/mol. The summed E-state index contributed by atoms with van der Waals surface area (Å²) in [6.45, 7) is 47.8. The molecular weight excluding hydrogens is 451 g/mol. The van der Waals surface area contributed by atoms with E-state index in [9.17, 15) is 4.39 Å². The van der Waals surface area contributed by atoms with E-state index in [1.54, 1.807) is 13.8 Å². The second-order valence-electron chi connectivity index (χ2n) is 18.8. The molecule has 0 bridgehead atoms. The number of hydrogen-bond acceptors (Lipinski definition) is 0. The summed E-state index contributed by atoms with van der Waals surface area (Å²) in [5.41, 5.74) is 3.66. The number of halogens is 1. The first-order chi connectivity index (χ1) is 15.7. The van der Waals surface area contributed by atoms with Crippen molar-refractivity contribution >= 4 is 0 Å². The van der Waals surface area contributed by atoms with Gasteiger partial charge in [0.05, 0.1) is 0 Å². The van der Waals surface area contributed by atoms with Crippen molar-refractivity contribution in [3.05, 3.63) is 23.8 Å². The zero-order valence-electron chi connectivity index (χ0n) is 29.7. The minimum Gasteiger partial charge on any atom is -0.244 e. The molecule has 0 aliphatic heterocycles. The smallest absolute Gasteiger partial charge is 0.106 e. The van der Waals surface area contributed by atoms with Gasteiger partial charge in [-0.15, -0.1) is 6.58 Å². The Bertz CT molecular complexity index is 648. The number of hydrogen-bond donors (Lipinski definition) is 0. The van der Waals surface area contributed by atoms with Gasteiger partial charge in [0.25, 0.3) is 0 Å². The van der Waals surface area contributed by atoms with E-state index in [1.807, 2.05) is 0 Å². The van der Waals surface area contributed by atoms with E-state index in [4.69, 9.17) is 0 Å². The van der Waals surface area contributed by atoms with E-state index in [1.165, 1.54) is 24.0 Å². The fourth-order valence-electron chi connectivity index (χ4n) is 7.15. The van der Waals surface area contributed by atoms with Crippen molar-refractivity contribution in [1.82, 2.24) is 0 Å². The summed E-state index contributed by atoms with van der Waals surface area (Å²) in [5.74, 6) is 0. The van der Waals surface area contributed by atoms with Gasteiger partial charge in [0.15, 0.2) is 0 Å². The Morgan fingerprint density at radius 3 is 1.11 bits per heavy atom. The lowest BCUT2D eigenvalue weighted by atomic mass is 9.72. The van der Waals surface area contributed by atoms with Crippen molar-refractivity contribution < 1.29 is 4.39 Å². The van der Waals surface area contributed by atoms with Gasteiger partial charge in [0.1, 0.15) is 5.67 Å². The molecule has 0 radical (unpaired) electrons. The first kappa shape index (κ1) is 40.9. The summed E-state index contributed by atoms with van der Waals surface area (Å²) in [6.07, 6.45) is 7.71. The van der Waals surface area contributed by atoms with Gasteiger partial charge in [0, 0.05) is 0 Å². The Labute approximate surface area is 236 Å². The van der Waals surface area contributed by atoms with Gasteiger partial charge in [-0.1, -0.05) is 121 Å². The zero-order valence-corrected chi connectivity index (χ0v) is 29.7. The first-order valence-corrected chi connectivity index (χ1v) is 14.7. The van der Waals surface area contributed by atoms with Gasteiger partial charge in [-0.3, -0.25) is 0 Å². The molecular formula is C36H73F. The lowest BCUT2D eigenvalue weighted by Crippen LogP contribution is -2.28. The topological polar surface area (TPSA) is 0 Å². The van der Waals surface area contributed by atoms with Crippen LogP contribution in [-0.4, -0.2) is 5.67 Å². The molecule has 0 saturated carbocycles. The lowest BCUT2D eigenvalue weighted by molar-refractivity contribution is 0.0961. The molecule has 0 aromatic rings. The normalized spacial score (nSPS) is 13.6. The van der Waals surface area contributed by atoms with E-state index in [0.29, 0.717) is 28.1 Å². The Kier molecular flexibility index (Phi) is 16.2. The minimum atomic E-state index is -1.05. The van der Waals surface area contributed by atoms with Crippen molar-refractivity contribution in [1.29, 1.82) is 0 Å². The van der Waals surface area contributed by atoms with Gasteiger partial charge in [-0.05, 0) is 99.2 Å². The summed E-state index contributed by atoms with van der Waals surface area (Å²) in [4.78, 5) is 0. The maximum Gasteiger partial charge on any atom is 0.106 e. The summed E-state index contributed by atoms with van der Waals surface area (Å²) >= 11 is 0. The van der Waals surface area contributed by atoms with Crippen molar-refractivity contribution in [3.63, 3.8) is 0 Å². The van der Waals surface area contributed by atoms with E-state index >= 15 is 0 Å². The van der Waals surface area contributed by atoms with E-state index < -0.39 is 5.67 Å². The van der Waals surface area contributed by atoms with Crippen LogP contribution in [0, 0.1) is 32.5 Å². The zero-order chi connectivity index (χ0) is 30.9. The summed E-state index contributed by atoms with van der Waals surface area (Å²) < 4.78 is 13.5. The van der Waals surface area contributed by atoms with Crippen LogP contribution in [-0.2, 0) is 0 Å². The number of allylic oxidation sites excluding steroid dienone is 3. The van der Waals surface area contributed by atoms with Crippen LogP contribution in [0.25, 0.3) is 0 Å². The highest BCUT2D eigenvalue weighted by Gasteiger charge is 2.32. The van der Waals surface area contributed by atoms with Gasteiger partial charge in [-0.25, -0.2) is 4.39 Å². The molecule has 1 heteroatoms. The Hall–Kier alpha value is -0.590. The molecule has 0 aliphatic rings. The Morgan fingerprint density at radius 1 is 0.541 bits per heavy atom. The lowest BCUT2D eigenvalue weighted by Gasteiger charge is -2.35. The van der Waals surface area contributed by atoms with Gasteiger partial charge in [-0.2, -0.15) is 0 Å². The average Bonchev–Trinajstić information content (AvgIpc) is 2.32. The van der Waals surface area contributed by atoms with Crippen LogP contribution in [0.5, 0.6) is 0 Å². The molecule has 0 rings (SSSR count). The molecule has 0 amide bonds. The van der Waals surface area contributed by atoms with Crippen LogP contribution in [0.4, 0.5) is 4.39 Å². The predicted octanol–water partition coefficient (Wildman–Crippen LogP) is 13.4. The second-order valence-corrected chi connectivity index (χ2v) is 18.8. The Balaban J connectivity index is -0.000000469. The van der Waals surface area contributed by atoms with Crippen LogP contribution < -0.4 is 0 Å². The molecule has 0 fully saturated rings. The van der Waals surface area contributed by atoms with Gasteiger partial charge >= 0.3 is 0 Å². The molecule has 224 valence electrons. The molecule has 0 aromatic heterocycles. The molecule has 0 atom stereocenters.